The fraction of sp³-hybridized carbons (Fsp3) is 0.269. The first-order valence-electron chi connectivity index (χ1n) is 11.1. The van der Waals surface area contributed by atoms with Crippen molar-refractivity contribution in [2.24, 2.45) is 5.92 Å². The van der Waals surface area contributed by atoms with Gasteiger partial charge >= 0.3 is 0 Å². The number of ether oxygens (including phenoxy) is 1. The summed E-state index contributed by atoms with van der Waals surface area (Å²) in [5.74, 6) is 1.29. The van der Waals surface area contributed by atoms with Crippen LogP contribution < -0.4 is 10.1 Å². The van der Waals surface area contributed by atoms with E-state index in [9.17, 15) is 13.2 Å². The number of carbonyl (C=O) groups is 1. The summed E-state index contributed by atoms with van der Waals surface area (Å²) in [5.41, 5.74) is 1.51. The molecule has 172 valence electrons. The van der Waals surface area contributed by atoms with Crippen LogP contribution in [0.4, 0.5) is 5.69 Å². The molecule has 0 radical (unpaired) electrons. The molecule has 6 nitrogen and oxygen atoms in total. The summed E-state index contributed by atoms with van der Waals surface area (Å²) >= 11 is 0. The number of nitrogens with one attached hydrogen (secondary N) is 1. The first-order valence-corrected chi connectivity index (χ1v) is 12.5. The average molecular weight is 465 g/mol. The van der Waals surface area contributed by atoms with Gasteiger partial charge in [0.2, 0.25) is 10.0 Å². The largest absolute Gasteiger partial charge is 0.455 e. The number of aryl methyl sites for hydroxylation is 1. The van der Waals surface area contributed by atoms with E-state index in [0.29, 0.717) is 47.3 Å². The van der Waals surface area contributed by atoms with Crippen LogP contribution in [0, 0.1) is 12.8 Å². The first kappa shape index (κ1) is 23.0. The molecule has 0 atom stereocenters. The number of benzene rings is 3. The highest BCUT2D eigenvalue weighted by atomic mass is 32.2. The summed E-state index contributed by atoms with van der Waals surface area (Å²) in [6, 6.07) is 21.2. The van der Waals surface area contributed by atoms with Gasteiger partial charge < -0.3 is 10.1 Å². The molecule has 1 aliphatic rings. The monoisotopic (exact) mass is 464 g/mol. The first-order chi connectivity index (χ1) is 15.8. The molecule has 33 heavy (non-hydrogen) atoms. The lowest BCUT2D eigenvalue weighted by Gasteiger charge is -2.29. The molecule has 1 amide bonds. The van der Waals surface area contributed by atoms with Crippen molar-refractivity contribution in [1.82, 2.24) is 4.31 Å². The second-order valence-corrected chi connectivity index (χ2v) is 10.4. The molecule has 7 heteroatoms. The van der Waals surface area contributed by atoms with Gasteiger partial charge in [0.25, 0.3) is 5.91 Å². The number of anilines is 1. The van der Waals surface area contributed by atoms with Gasteiger partial charge in [-0.3, -0.25) is 4.79 Å². The molecule has 1 fully saturated rings. The Balaban J connectivity index is 1.57. The number of rotatable bonds is 6. The Hall–Kier alpha value is -3.16. The summed E-state index contributed by atoms with van der Waals surface area (Å²) in [6.45, 7) is 4.93. The second-order valence-electron chi connectivity index (χ2n) is 8.43. The Morgan fingerprint density at radius 1 is 0.970 bits per heavy atom. The molecule has 1 N–H and O–H groups in total. The maximum absolute atomic E-state index is 13.2. The van der Waals surface area contributed by atoms with E-state index in [0.717, 1.165) is 12.8 Å². The van der Waals surface area contributed by atoms with Crippen molar-refractivity contribution < 1.29 is 17.9 Å². The Bertz CT molecular complexity index is 1230. The smallest absolute Gasteiger partial charge is 0.256 e. The number of hydrogen-bond donors (Lipinski definition) is 1. The van der Waals surface area contributed by atoms with E-state index in [4.69, 9.17) is 4.74 Å². The van der Waals surface area contributed by atoms with Crippen LogP contribution in [0.25, 0.3) is 0 Å². The van der Waals surface area contributed by atoms with E-state index in [-0.39, 0.29) is 10.8 Å². The highest BCUT2D eigenvalue weighted by Crippen LogP contribution is 2.30. The van der Waals surface area contributed by atoms with Crippen molar-refractivity contribution in [3.05, 3.63) is 83.9 Å². The van der Waals surface area contributed by atoms with Gasteiger partial charge in [-0.05, 0) is 67.6 Å². The van der Waals surface area contributed by atoms with Crippen molar-refractivity contribution in [3.8, 4) is 11.5 Å². The van der Waals surface area contributed by atoms with Crippen molar-refractivity contribution in [1.29, 1.82) is 0 Å². The molecule has 0 aromatic heterocycles. The number of hydrogen-bond acceptors (Lipinski definition) is 4. The van der Waals surface area contributed by atoms with Crippen LogP contribution in [-0.4, -0.2) is 31.7 Å². The van der Waals surface area contributed by atoms with Gasteiger partial charge in [0.15, 0.2) is 5.75 Å². The predicted molar refractivity (Wildman–Crippen MR) is 129 cm³/mol. The SMILES string of the molecule is Cc1ccc(S(=O)(=O)N2CCC(C)CC2)cc1C(=O)Nc1ccccc1Oc1ccccc1. The van der Waals surface area contributed by atoms with E-state index in [1.54, 1.807) is 37.3 Å². The molecule has 0 saturated carbocycles. The molecule has 0 bridgehead atoms. The van der Waals surface area contributed by atoms with E-state index in [1.165, 1.54) is 10.4 Å². The molecule has 0 spiro atoms. The highest BCUT2D eigenvalue weighted by Gasteiger charge is 2.29. The Morgan fingerprint density at radius 3 is 2.36 bits per heavy atom. The Morgan fingerprint density at radius 2 is 1.64 bits per heavy atom. The van der Waals surface area contributed by atoms with Crippen molar-refractivity contribution >= 4 is 21.6 Å². The van der Waals surface area contributed by atoms with Crippen LogP contribution >= 0.6 is 0 Å². The fourth-order valence-electron chi connectivity index (χ4n) is 3.84. The zero-order valence-corrected chi connectivity index (χ0v) is 19.6. The molecule has 0 aliphatic carbocycles. The van der Waals surface area contributed by atoms with Gasteiger partial charge in [-0.2, -0.15) is 4.31 Å². The number of nitrogens with zero attached hydrogens (tertiary/aromatic N) is 1. The third-order valence-corrected chi connectivity index (χ3v) is 7.83. The molecule has 3 aromatic carbocycles. The summed E-state index contributed by atoms with van der Waals surface area (Å²) < 4.78 is 33.8. The van der Waals surface area contributed by atoms with Crippen LogP contribution in [0.2, 0.25) is 0 Å². The van der Waals surface area contributed by atoms with Crippen LogP contribution in [-0.2, 0) is 10.0 Å². The lowest BCUT2D eigenvalue weighted by Crippen LogP contribution is -2.38. The number of piperidine rings is 1. The zero-order chi connectivity index (χ0) is 23.4. The van der Waals surface area contributed by atoms with Gasteiger partial charge in [-0.25, -0.2) is 8.42 Å². The maximum atomic E-state index is 13.2. The lowest BCUT2D eigenvalue weighted by atomic mass is 10.0. The number of amides is 1. The maximum Gasteiger partial charge on any atom is 0.256 e. The Kier molecular flexibility index (Phi) is 6.81. The van der Waals surface area contributed by atoms with Gasteiger partial charge in [0.05, 0.1) is 10.6 Å². The minimum Gasteiger partial charge on any atom is -0.455 e. The zero-order valence-electron chi connectivity index (χ0n) is 18.8. The summed E-state index contributed by atoms with van der Waals surface area (Å²) in [4.78, 5) is 13.3. The summed E-state index contributed by atoms with van der Waals surface area (Å²) in [7, 11) is -3.65. The molecular formula is C26H28N2O4S. The van der Waals surface area contributed by atoms with Crippen LogP contribution in [0.15, 0.2) is 77.7 Å². The average Bonchev–Trinajstić information content (AvgIpc) is 2.81. The second kappa shape index (κ2) is 9.77. The number of para-hydroxylation sites is 3. The lowest BCUT2D eigenvalue weighted by molar-refractivity contribution is 0.102. The summed E-state index contributed by atoms with van der Waals surface area (Å²) in [6.07, 6.45) is 1.69. The topological polar surface area (TPSA) is 75.7 Å². The Labute approximate surface area is 195 Å². The molecular weight excluding hydrogens is 436 g/mol. The van der Waals surface area contributed by atoms with E-state index in [1.807, 2.05) is 36.4 Å². The van der Waals surface area contributed by atoms with Crippen molar-refractivity contribution in [2.45, 2.75) is 31.6 Å². The minimum atomic E-state index is -3.65. The van der Waals surface area contributed by atoms with Gasteiger partial charge in [-0.15, -0.1) is 0 Å². The quantitative estimate of drug-likeness (QED) is 0.526. The van der Waals surface area contributed by atoms with Crippen LogP contribution in [0.5, 0.6) is 11.5 Å². The molecule has 4 rings (SSSR count). The molecule has 3 aromatic rings. The number of carbonyl (C=O) groups excluding carboxylic acids is 1. The van der Waals surface area contributed by atoms with E-state index < -0.39 is 10.0 Å². The predicted octanol–water partition coefficient (Wildman–Crippen LogP) is 5.46. The summed E-state index contributed by atoms with van der Waals surface area (Å²) in [5, 5.41) is 2.88. The number of sulfonamides is 1. The van der Waals surface area contributed by atoms with Crippen molar-refractivity contribution in [2.75, 3.05) is 18.4 Å². The molecule has 0 unspecified atom stereocenters. The standard InChI is InChI=1S/C26H28N2O4S/c1-19-14-16-28(17-15-19)33(30,31)22-13-12-20(2)23(18-22)26(29)27-24-10-6-7-11-25(24)32-21-8-4-3-5-9-21/h3-13,18-19H,14-17H2,1-2H3,(H,27,29). The third kappa shape index (κ3) is 5.26. The fourth-order valence-corrected chi connectivity index (χ4v) is 5.34. The highest BCUT2D eigenvalue weighted by molar-refractivity contribution is 7.89. The van der Waals surface area contributed by atoms with E-state index >= 15 is 0 Å². The molecule has 1 heterocycles. The van der Waals surface area contributed by atoms with Gasteiger partial charge in [0, 0.05) is 18.7 Å². The minimum absolute atomic E-state index is 0.140. The normalized spacial score (nSPS) is 15.2. The van der Waals surface area contributed by atoms with Crippen molar-refractivity contribution in [3.63, 3.8) is 0 Å². The third-order valence-electron chi connectivity index (χ3n) is 5.94. The van der Waals surface area contributed by atoms with E-state index in [2.05, 4.69) is 12.2 Å². The molecule has 1 saturated heterocycles. The van der Waals surface area contributed by atoms with Crippen LogP contribution in [0.1, 0.15) is 35.7 Å². The molecule has 1 aliphatic heterocycles. The van der Waals surface area contributed by atoms with Gasteiger partial charge in [0.1, 0.15) is 5.75 Å². The van der Waals surface area contributed by atoms with Crippen LogP contribution in [0.3, 0.4) is 0 Å². The van der Waals surface area contributed by atoms with Gasteiger partial charge in [-0.1, -0.05) is 43.3 Å².